The zero-order chi connectivity index (χ0) is 27.5. The van der Waals surface area contributed by atoms with E-state index in [4.69, 9.17) is 11.6 Å². The molecule has 0 radical (unpaired) electrons. The number of imidazole rings is 1. The molecule has 5 aromatic rings. The van der Waals surface area contributed by atoms with Gasteiger partial charge in [0.1, 0.15) is 5.82 Å². The van der Waals surface area contributed by atoms with Gasteiger partial charge in [0.2, 0.25) is 0 Å². The van der Waals surface area contributed by atoms with Gasteiger partial charge in [-0.3, -0.25) is 4.79 Å². The van der Waals surface area contributed by atoms with Gasteiger partial charge in [0.15, 0.2) is 5.65 Å². The van der Waals surface area contributed by atoms with Crippen molar-refractivity contribution in [3.05, 3.63) is 106 Å². The summed E-state index contributed by atoms with van der Waals surface area (Å²) in [6, 6.07) is 21.4. The Bertz CT molecular complexity index is 1680. The molecule has 1 atom stereocenters. The Labute approximate surface area is 230 Å². The molecule has 2 heterocycles. The number of aromatic carboxylic acids is 1. The summed E-state index contributed by atoms with van der Waals surface area (Å²) < 4.78 is 0. The summed E-state index contributed by atoms with van der Waals surface area (Å²) in [5.74, 6) is -0.949. The molecule has 0 spiro atoms. The van der Waals surface area contributed by atoms with Gasteiger partial charge in [0.05, 0.1) is 17.1 Å². The Balaban J connectivity index is 1.54. The number of hydrogen-bond acceptors (Lipinski definition) is 4. The molecule has 0 aliphatic heterocycles. The number of pyridine rings is 1. The Morgan fingerprint density at radius 2 is 1.77 bits per heavy atom. The average molecular weight is 539 g/mol. The topological polar surface area (TPSA) is 108 Å². The summed E-state index contributed by atoms with van der Waals surface area (Å²) in [5.41, 5.74) is 5.25. The first kappa shape index (κ1) is 26.1. The molecule has 0 aliphatic carbocycles. The molecule has 196 valence electrons. The summed E-state index contributed by atoms with van der Waals surface area (Å²) in [7, 11) is 0. The molecule has 0 saturated carbocycles. The Kier molecular flexibility index (Phi) is 7.43. The van der Waals surface area contributed by atoms with E-state index in [-0.39, 0.29) is 23.1 Å². The number of rotatable bonds is 8. The van der Waals surface area contributed by atoms with Crippen molar-refractivity contribution in [1.29, 1.82) is 0 Å². The lowest BCUT2D eigenvalue weighted by molar-refractivity contribution is 0.0697. The first-order valence-electron chi connectivity index (χ1n) is 12.7. The molecule has 0 bridgehead atoms. The molecule has 3 N–H and O–H groups in total. The highest BCUT2D eigenvalue weighted by Gasteiger charge is 2.21. The number of amides is 1. The fraction of sp³-hybridized carbons (Fsp3) is 0.161. The highest BCUT2D eigenvalue weighted by Crippen LogP contribution is 2.36. The van der Waals surface area contributed by atoms with Gasteiger partial charge < -0.3 is 15.4 Å². The standard InChI is InChI=1S/C31H27ClN4O3/c1-3-7-26(19-8-5-4-6-9-19)35-30(37)20-10-12-22(25(15-20)31(38)39)24-16-21(32)11-13-23(24)28-34-27-14-18(2)17-33-29(27)36-28/h4-6,8-17,26H,3,7H2,1-2H3,(H,35,37)(H,38,39)(H,33,34,36)/t26-/m1/s1. The number of fused-ring (bicyclic) bond motifs is 1. The summed E-state index contributed by atoms with van der Waals surface area (Å²) in [6.07, 6.45) is 3.38. The van der Waals surface area contributed by atoms with Crippen LogP contribution in [0.2, 0.25) is 5.02 Å². The van der Waals surface area contributed by atoms with Crippen LogP contribution in [0.3, 0.4) is 0 Å². The average Bonchev–Trinajstić information content (AvgIpc) is 3.35. The van der Waals surface area contributed by atoms with E-state index >= 15 is 0 Å². The van der Waals surface area contributed by atoms with Gasteiger partial charge in [-0.25, -0.2) is 14.8 Å². The minimum Gasteiger partial charge on any atom is -0.478 e. The first-order valence-corrected chi connectivity index (χ1v) is 13.1. The molecule has 1 amide bonds. The largest absolute Gasteiger partial charge is 0.478 e. The van der Waals surface area contributed by atoms with Crippen LogP contribution >= 0.6 is 11.6 Å². The second kappa shape index (κ2) is 11.1. The maximum Gasteiger partial charge on any atom is 0.336 e. The van der Waals surface area contributed by atoms with E-state index in [1.807, 2.05) is 43.3 Å². The van der Waals surface area contributed by atoms with Gasteiger partial charge >= 0.3 is 5.97 Å². The maximum absolute atomic E-state index is 13.2. The van der Waals surface area contributed by atoms with Crippen molar-refractivity contribution in [3.63, 3.8) is 0 Å². The van der Waals surface area contributed by atoms with Gasteiger partial charge in [-0.05, 0) is 72.0 Å². The monoisotopic (exact) mass is 538 g/mol. The van der Waals surface area contributed by atoms with E-state index in [9.17, 15) is 14.7 Å². The lowest BCUT2D eigenvalue weighted by atomic mass is 9.93. The zero-order valence-electron chi connectivity index (χ0n) is 21.5. The van der Waals surface area contributed by atoms with Gasteiger partial charge in [0, 0.05) is 22.3 Å². The number of hydrogen-bond donors (Lipinski definition) is 3. The van der Waals surface area contributed by atoms with Crippen molar-refractivity contribution in [2.24, 2.45) is 0 Å². The predicted molar refractivity (Wildman–Crippen MR) is 153 cm³/mol. The number of carboxylic acid groups (broad SMARTS) is 1. The van der Waals surface area contributed by atoms with Crippen LogP contribution in [0.25, 0.3) is 33.7 Å². The van der Waals surface area contributed by atoms with Crippen molar-refractivity contribution in [2.75, 3.05) is 0 Å². The van der Waals surface area contributed by atoms with Crippen LogP contribution in [-0.4, -0.2) is 31.9 Å². The molecule has 8 heteroatoms. The third kappa shape index (κ3) is 5.54. The first-order chi connectivity index (χ1) is 18.8. The maximum atomic E-state index is 13.2. The second-order valence-corrected chi connectivity index (χ2v) is 9.89. The van der Waals surface area contributed by atoms with E-state index in [0.717, 1.165) is 29.5 Å². The third-order valence-corrected chi connectivity index (χ3v) is 6.83. The second-order valence-electron chi connectivity index (χ2n) is 9.45. The number of aryl methyl sites for hydroxylation is 1. The number of nitrogens with zero attached hydrogens (tertiary/aromatic N) is 2. The Morgan fingerprint density at radius 1 is 1.00 bits per heavy atom. The normalized spacial score (nSPS) is 11.9. The van der Waals surface area contributed by atoms with E-state index < -0.39 is 5.97 Å². The van der Waals surface area contributed by atoms with Crippen LogP contribution in [0, 0.1) is 6.92 Å². The van der Waals surface area contributed by atoms with Gasteiger partial charge in [-0.15, -0.1) is 0 Å². The molecule has 3 aromatic carbocycles. The van der Waals surface area contributed by atoms with Crippen molar-refractivity contribution in [1.82, 2.24) is 20.3 Å². The van der Waals surface area contributed by atoms with Gasteiger partial charge in [-0.1, -0.05) is 61.3 Å². The van der Waals surface area contributed by atoms with Crippen LogP contribution < -0.4 is 5.32 Å². The van der Waals surface area contributed by atoms with E-state index in [0.29, 0.717) is 33.2 Å². The third-order valence-electron chi connectivity index (χ3n) is 6.60. The molecule has 5 rings (SSSR count). The van der Waals surface area contributed by atoms with Crippen molar-refractivity contribution >= 4 is 34.6 Å². The highest BCUT2D eigenvalue weighted by molar-refractivity contribution is 6.31. The van der Waals surface area contributed by atoms with Crippen molar-refractivity contribution < 1.29 is 14.7 Å². The molecular weight excluding hydrogens is 512 g/mol. The number of carbonyl (C=O) groups is 2. The molecule has 0 aliphatic rings. The number of nitrogens with one attached hydrogen (secondary N) is 2. The summed E-state index contributed by atoms with van der Waals surface area (Å²) in [5, 5.41) is 13.7. The van der Waals surface area contributed by atoms with Crippen LogP contribution in [0.1, 0.15) is 57.7 Å². The van der Waals surface area contributed by atoms with Crippen molar-refractivity contribution in [2.45, 2.75) is 32.7 Å². The van der Waals surface area contributed by atoms with Crippen LogP contribution in [0.15, 0.2) is 79.0 Å². The lowest BCUT2D eigenvalue weighted by Gasteiger charge is -2.19. The molecule has 39 heavy (non-hydrogen) atoms. The highest BCUT2D eigenvalue weighted by atomic mass is 35.5. The van der Waals surface area contributed by atoms with Crippen LogP contribution in [0.4, 0.5) is 0 Å². The number of benzene rings is 3. The number of aromatic amines is 1. The molecule has 0 fully saturated rings. The van der Waals surface area contributed by atoms with Crippen LogP contribution in [0.5, 0.6) is 0 Å². The Morgan fingerprint density at radius 3 is 2.51 bits per heavy atom. The molecule has 2 aromatic heterocycles. The minimum atomic E-state index is -1.15. The van der Waals surface area contributed by atoms with Crippen molar-refractivity contribution in [3.8, 4) is 22.5 Å². The Hall–Kier alpha value is -4.49. The number of H-pyrrole nitrogens is 1. The molecular formula is C31H27ClN4O3. The summed E-state index contributed by atoms with van der Waals surface area (Å²) in [6.45, 7) is 4.00. The summed E-state index contributed by atoms with van der Waals surface area (Å²) in [4.78, 5) is 38.0. The fourth-order valence-corrected chi connectivity index (χ4v) is 4.89. The van der Waals surface area contributed by atoms with E-state index in [1.54, 1.807) is 36.5 Å². The van der Waals surface area contributed by atoms with Gasteiger partial charge in [0.25, 0.3) is 5.91 Å². The smallest absolute Gasteiger partial charge is 0.336 e. The molecule has 7 nitrogen and oxygen atoms in total. The number of aromatic nitrogens is 3. The SMILES string of the molecule is CCC[C@@H](NC(=O)c1ccc(-c2cc(Cl)ccc2-c2nc3ncc(C)cc3[nH]2)c(C(=O)O)c1)c1ccccc1. The quantitative estimate of drug-likeness (QED) is 0.193. The fourth-order valence-electron chi connectivity index (χ4n) is 4.71. The van der Waals surface area contributed by atoms with Gasteiger partial charge in [-0.2, -0.15) is 0 Å². The zero-order valence-corrected chi connectivity index (χ0v) is 22.3. The van der Waals surface area contributed by atoms with E-state index in [1.165, 1.54) is 6.07 Å². The van der Waals surface area contributed by atoms with E-state index in [2.05, 4.69) is 27.2 Å². The summed E-state index contributed by atoms with van der Waals surface area (Å²) >= 11 is 6.36. The lowest BCUT2D eigenvalue weighted by Crippen LogP contribution is -2.28. The molecule has 0 saturated heterocycles. The number of halogens is 1. The number of carboxylic acids is 1. The van der Waals surface area contributed by atoms with Crippen LogP contribution in [-0.2, 0) is 0 Å². The minimum absolute atomic E-state index is 0.0111. The predicted octanol–water partition coefficient (Wildman–Crippen LogP) is 7.22. The number of carbonyl (C=O) groups excluding carboxylic acids is 1. The molecule has 0 unspecified atom stereocenters.